The molecular formula is C67H58N2. The van der Waals surface area contributed by atoms with Crippen LogP contribution in [0.2, 0.25) is 0 Å². The first-order chi connectivity index (χ1) is 34.1. The third-order valence-electron chi connectivity index (χ3n) is 13.9. The van der Waals surface area contributed by atoms with Crippen LogP contribution in [0, 0.1) is 0 Å². The van der Waals surface area contributed by atoms with Crippen molar-refractivity contribution in [1.29, 1.82) is 0 Å². The van der Waals surface area contributed by atoms with E-state index in [1.165, 1.54) is 55.4 Å². The van der Waals surface area contributed by atoms with Gasteiger partial charge >= 0.3 is 0 Å². The van der Waals surface area contributed by atoms with E-state index in [0.717, 1.165) is 70.2 Å². The van der Waals surface area contributed by atoms with Gasteiger partial charge in [-0.15, -0.1) is 0 Å². The summed E-state index contributed by atoms with van der Waals surface area (Å²) >= 11 is 0. The van der Waals surface area contributed by atoms with Crippen LogP contribution >= 0.6 is 0 Å². The van der Waals surface area contributed by atoms with Gasteiger partial charge in [0, 0.05) is 39.7 Å². The minimum atomic E-state index is -0.360. The molecule has 0 unspecified atom stereocenters. The summed E-state index contributed by atoms with van der Waals surface area (Å²) < 4.78 is 0. The summed E-state index contributed by atoms with van der Waals surface area (Å²) in [6.07, 6.45) is 32.3. The topological polar surface area (TPSA) is 16.1 Å². The van der Waals surface area contributed by atoms with Gasteiger partial charge in [-0.1, -0.05) is 219 Å². The fraction of sp³-hybridized carbons (Fsp3) is 0.119. The van der Waals surface area contributed by atoms with Crippen LogP contribution in [-0.2, 0) is 11.8 Å². The number of aromatic nitrogens is 1. The van der Waals surface area contributed by atoms with E-state index in [1.807, 2.05) is 6.08 Å². The highest BCUT2D eigenvalue weighted by Gasteiger charge is 2.42. The zero-order valence-electron chi connectivity index (χ0n) is 39.7. The van der Waals surface area contributed by atoms with Crippen molar-refractivity contribution in [2.75, 3.05) is 11.4 Å². The smallest absolute Gasteiger partial charge is 0.0788 e. The molecule has 0 saturated carbocycles. The van der Waals surface area contributed by atoms with Crippen molar-refractivity contribution < 1.29 is 0 Å². The zero-order valence-corrected chi connectivity index (χ0v) is 39.7. The zero-order chi connectivity index (χ0) is 47.0. The second-order valence-corrected chi connectivity index (χ2v) is 18.1. The minimum Gasteiger partial charge on any atom is -0.337 e. The molecule has 0 aliphatic heterocycles. The van der Waals surface area contributed by atoms with Crippen LogP contribution in [0.4, 0.5) is 11.4 Å². The van der Waals surface area contributed by atoms with E-state index in [4.69, 9.17) is 4.98 Å². The summed E-state index contributed by atoms with van der Waals surface area (Å²) in [7, 11) is 0. The Morgan fingerprint density at radius 2 is 1.32 bits per heavy atom. The molecule has 336 valence electrons. The lowest BCUT2D eigenvalue weighted by atomic mass is 9.71. The Morgan fingerprint density at radius 1 is 0.652 bits per heavy atom. The van der Waals surface area contributed by atoms with E-state index in [0.29, 0.717) is 6.54 Å². The van der Waals surface area contributed by atoms with Crippen LogP contribution in [0.15, 0.2) is 261 Å². The highest BCUT2D eigenvalue weighted by molar-refractivity contribution is 6.11. The SMILES string of the molecule is C=C/C=C(\C=C/CN(c1cccc(-c2cccc(-c3nc4ccccc4c4ccccc34)c2)c1)c1cccc(C2(C)c3ccccc3-c3ccccc32)c1CC/C=C\C=C/C)C1=C\C=C/CCC=C\1. The van der Waals surface area contributed by atoms with Crippen LogP contribution in [-0.4, -0.2) is 11.5 Å². The Kier molecular flexibility index (Phi) is 13.3. The van der Waals surface area contributed by atoms with Gasteiger partial charge in [0.1, 0.15) is 0 Å². The van der Waals surface area contributed by atoms with Crippen LogP contribution < -0.4 is 4.90 Å². The van der Waals surface area contributed by atoms with Gasteiger partial charge in [0.25, 0.3) is 0 Å². The molecule has 1 heterocycles. The molecule has 2 nitrogen and oxygen atoms in total. The average Bonchev–Trinajstić information content (AvgIpc) is 3.65. The fourth-order valence-corrected chi connectivity index (χ4v) is 10.6. The van der Waals surface area contributed by atoms with Crippen molar-refractivity contribution in [2.45, 2.75) is 44.9 Å². The van der Waals surface area contributed by atoms with E-state index in [-0.39, 0.29) is 5.41 Å². The number of rotatable bonds is 14. The maximum Gasteiger partial charge on any atom is 0.0788 e. The second-order valence-electron chi connectivity index (χ2n) is 18.1. The number of benzene rings is 7. The van der Waals surface area contributed by atoms with Crippen molar-refractivity contribution in [2.24, 2.45) is 0 Å². The fourth-order valence-electron chi connectivity index (χ4n) is 10.6. The molecule has 2 heteroatoms. The lowest BCUT2D eigenvalue weighted by Gasteiger charge is -2.34. The van der Waals surface area contributed by atoms with E-state index < -0.39 is 0 Å². The predicted molar refractivity (Wildman–Crippen MR) is 296 cm³/mol. The quantitative estimate of drug-likeness (QED) is 0.0799. The van der Waals surface area contributed by atoms with E-state index in [1.54, 1.807) is 0 Å². The molecule has 7 aromatic carbocycles. The number of anilines is 2. The monoisotopic (exact) mass is 890 g/mol. The lowest BCUT2D eigenvalue weighted by molar-refractivity contribution is 0.699. The molecule has 8 aromatic rings. The molecule has 0 fully saturated rings. The average molecular weight is 891 g/mol. The summed E-state index contributed by atoms with van der Waals surface area (Å²) in [5, 5.41) is 3.54. The predicted octanol–water partition coefficient (Wildman–Crippen LogP) is 17.8. The largest absolute Gasteiger partial charge is 0.337 e. The molecule has 0 bridgehead atoms. The summed E-state index contributed by atoms with van der Waals surface area (Å²) in [4.78, 5) is 7.81. The standard InChI is InChI=1S/C67H58N2/c1-4-6-7-9-14-40-60-63(67(3)61-41-20-17-36-56(61)57-37-18-21-42-62(57)67)43-25-45-65(60)69(46-26-33-49(27-5-2)50-28-12-10-8-11-13-29-50)54-34-24-31-52(48-54)51-30-23-32-53(47-51)66-59-39-16-15-35-55(59)58-38-19-22-44-64(58)68-66/h4-7,9-10,12-13,15-39,41-45,47-48H,2,8,11,14,40,46H2,1,3H3/b6-4-,9-7-,12-10-,29-13?,33-26-,49-27+,50-28-. The number of allylic oxidation sites excluding steroid dienone is 14. The molecule has 2 aliphatic carbocycles. The summed E-state index contributed by atoms with van der Waals surface area (Å²) in [6, 6.07) is 60.1. The molecule has 0 atom stereocenters. The van der Waals surface area contributed by atoms with Gasteiger partial charge in [-0.2, -0.15) is 0 Å². The van der Waals surface area contributed by atoms with E-state index in [9.17, 15) is 0 Å². The Hall–Kier alpha value is -8.07. The maximum absolute atomic E-state index is 5.28. The molecule has 0 radical (unpaired) electrons. The molecule has 0 N–H and O–H groups in total. The summed E-state index contributed by atoms with van der Waals surface area (Å²) in [6.45, 7) is 9.27. The van der Waals surface area contributed by atoms with E-state index in [2.05, 4.69) is 262 Å². The van der Waals surface area contributed by atoms with Crippen LogP contribution in [0.25, 0.3) is 55.2 Å². The Labute approximate surface area is 408 Å². The Morgan fingerprint density at radius 3 is 2.12 bits per heavy atom. The van der Waals surface area contributed by atoms with Crippen LogP contribution in [0.1, 0.15) is 55.4 Å². The first kappa shape index (κ1) is 44.7. The van der Waals surface area contributed by atoms with Gasteiger partial charge in [0.2, 0.25) is 0 Å². The maximum atomic E-state index is 5.28. The third-order valence-corrected chi connectivity index (χ3v) is 13.9. The van der Waals surface area contributed by atoms with Crippen molar-refractivity contribution in [3.63, 3.8) is 0 Å². The number of para-hydroxylation sites is 1. The Balaban J connectivity index is 1.13. The van der Waals surface area contributed by atoms with Gasteiger partial charge in [0.15, 0.2) is 0 Å². The molecule has 69 heavy (non-hydrogen) atoms. The molecule has 2 aliphatic rings. The van der Waals surface area contributed by atoms with Crippen molar-refractivity contribution in [3.05, 3.63) is 283 Å². The van der Waals surface area contributed by atoms with Crippen LogP contribution in [0.5, 0.6) is 0 Å². The van der Waals surface area contributed by atoms with Gasteiger partial charge in [0.05, 0.1) is 11.2 Å². The number of nitrogens with zero attached hydrogens (tertiary/aromatic N) is 2. The highest BCUT2D eigenvalue weighted by atomic mass is 15.1. The van der Waals surface area contributed by atoms with Gasteiger partial charge in [-0.05, 0) is 131 Å². The van der Waals surface area contributed by atoms with Gasteiger partial charge in [-0.25, -0.2) is 4.98 Å². The number of pyridine rings is 1. The molecular weight excluding hydrogens is 833 g/mol. The van der Waals surface area contributed by atoms with Crippen molar-refractivity contribution >= 4 is 33.1 Å². The number of hydrogen-bond donors (Lipinski definition) is 0. The Bertz CT molecular complexity index is 3370. The van der Waals surface area contributed by atoms with E-state index >= 15 is 0 Å². The van der Waals surface area contributed by atoms with Crippen LogP contribution in [0.3, 0.4) is 0 Å². The van der Waals surface area contributed by atoms with Gasteiger partial charge in [-0.3, -0.25) is 0 Å². The number of fused-ring (bicyclic) bond motifs is 6. The molecule has 1 aromatic heterocycles. The minimum absolute atomic E-state index is 0.360. The lowest BCUT2D eigenvalue weighted by Crippen LogP contribution is -2.26. The first-order valence-electron chi connectivity index (χ1n) is 24.5. The van der Waals surface area contributed by atoms with Gasteiger partial charge < -0.3 is 4.90 Å². The number of hydrogen-bond acceptors (Lipinski definition) is 2. The third kappa shape index (κ3) is 8.95. The molecule has 0 amide bonds. The molecule has 0 saturated heterocycles. The summed E-state index contributed by atoms with van der Waals surface area (Å²) in [5.74, 6) is 0. The second kappa shape index (κ2) is 20.4. The normalized spacial score (nSPS) is 15.6. The van der Waals surface area contributed by atoms with Crippen molar-refractivity contribution in [3.8, 4) is 33.5 Å². The molecule has 10 rings (SSSR count). The molecule has 0 spiro atoms. The summed E-state index contributed by atoms with van der Waals surface area (Å²) in [5.41, 5.74) is 17.7. The van der Waals surface area contributed by atoms with Crippen molar-refractivity contribution in [1.82, 2.24) is 4.98 Å². The first-order valence-corrected chi connectivity index (χ1v) is 24.5. The highest BCUT2D eigenvalue weighted by Crippen LogP contribution is 2.54.